The van der Waals surface area contributed by atoms with E-state index in [1.54, 1.807) is 44.4 Å². The molecule has 2 aliphatic rings. The number of aliphatic carboxylic acids is 1. The summed E-state index contributed by atoms with van der Waals surface area (Å²) in [7, 11) is -2.38. The van der Waals surface area contributed by atoms with Gasteiger partial charge >= 0.3 is 5.97 Å². The molecule has 2 unspecified atom stereocenters. The Morgan fingerprint density at radius 3 is 2.57 bits per heavy atom. The summed E-state index contributed by atoms with van der Waals surface area (Å²) in [4.78, 5) is 26.2. The van der Waals surface area contributed by atoms with Crippen molar-refractivity contribution in [2.24, 2.45) is 0 Å². The molecule has 234 valence electrons. The van der Waals surface area contributed by atoms with E-state index in [0.717, 1.165) is 22.3 Å². The number of carboxylic acid groups (broad SMARTS) is 1. The molecule has 1 heterocycles. The van der Waals surface area contributed by atoms with Crippen LogP contribution in [0.15, 0.2) is 83.8 Å². The molecule has 0 bridgehead atoms. The van der Waals surface area contributed by atoms with Gasteiger partial charge in [-0.2, -0.15) is 9.57 Å². The van der Waals surface area contributed by atoms with Gasteiger partial charge in [0.15, 0.2) is 6.04 Å². The van der Waals surface area contributed by atoms with E-state index in [1.807, 2.05) is 36.4 Å². The van der Waals surface area contributed by atoms with E-state index in [4.69, 9.17) is 9.47 Å². The Kier molecular flexibility index (Phi) is 8.35. The molecule has 10 nitrogen and oxygen atoms in total. The summed E-state index contributed by atoms with van der Waals surface area (Å²) in [5, 5.41) is 22.4. The number of nitriles is 1. The number of ether oxygens (including phenoxy) is 2. The van der Waals surface area contributed by atoms with Crippen LogP contribution in [-0.2, 0) is 32.5 Å². The van der Waals surface area contributed by atoms with E-state index in [2.05, 4.69) is 5.32 Å². The molecule has 0 radical (unpaired) electrons. The average molecular weight is 638 g/mol. The second kappa shape index (κ2) is 12.4. The topological polar surface area (TPSA) is 146 Å². The van der Waals surface area contributed by atoms with Crippen molar-refractivity contribution < 1.29 is 32.6 Å². The lowest BCUT2D eigenvalue weighted by Gasteiger charge is -2.29. The second-order valence-corrected chi connectivity index (χ2v) is 13.0. The van der Waals surface area contributed by atoms with Crippen molar-refractivity contribution in [1.82, 2.24) is 9.62 Å². The number of benzene rings is 4. The quantitative estimate of drug-likeness (QED) is 0.262. The molecule has 1 aliphatic carbocycles. The smallest absolute Gasteiger partial charge is 0.330 e. The SMILES string of the molecule is CCOc1ccc(S(=O)(=O)N2CCc3ccc(C(NC(=O)c4cccc5c4-c4ccccc4C5OC)C(=O)O)cc3C2)cc1C#N. The number of nitrogens with zero attached hydrogens (tertiary/aromatic N) is 2. The lowest BCUT2D eigenvalue weighted by molar-refractivity contribution is -0.139. The van der Waals surface area contributed by atoms with Gasteiger partial charge in [-0.25, -0.2) is 13.2 Å². The van der Waals surface area contributed by atoms with Crippen molar-refractivity contribution in [2.75, 3.05) is 20.3 Å². The van der Waals surface area contributed by atoms with Gasteiger partial charge in [0.25, 0.3) is 5.91 Å². The number of carbonyl (C=O) groups excluding carboxylic acids is 1. The van der Waals surface area contributed by atoms with Gasteiger partial charge in [-0.05, 0) is 71.0 Å². The van der Waals surface area contributed by atoms with Crippen LogP contribution in [-0.4, -0.2) is 50.0 Å². The van der Waals surface area contributed by atoms with Crippen molar-refractivity contribution in [3.05, 3.63) is 118 Å². The molecule has 4 aromatic rings. The molecule has 0 fully saturated rings. The highest BCUT2D eigenvalue weighted by Crippen LogP contribution is 2.46. The Balaban J connectivity index is 1.28. The Bertz CT molecular complexity index is 2020. The summed E-state index contributed by atoms with van der Waals surface area (Å²) in [6, 6.07) is 22.8. The predicted molar refractivity (Wildman–Crippen MR) is 169 cm³/mol. The number of methoxy groups -OCH3 is 1. The Morgan fingerprint density at radius 1 is 1.04 bits per heavy atom. The molecular formula is C35H31N3O7S. The fraction of sp³-hybridized carbons (Fsp3) is 0.229. The molecule has 2 atom stereocenters. The first-order valence-corrected chi connectivity index (χ1v) is 16.2. The highest BCUT2D eigenvalue weighted by atomic mass is 32.2. The van der Waals surface area contributed by atoms with E-state index >= 15 is 0 Å². The zero-order valence-electron chi connectivity index (χ0n) is 25.2. The Hall–Kier alpha value is -5.02. The van der Waals surface area contributed by atoms with Crippen LogP contribution >= 0.6 is 0 Å². The van der Waals surface area contributed by atoms with E-state index in [0.29, 0.717) is 41.0 Å². The van der Waals surface area contributed by atoms with Gasteiger partial charge in [0.1, 0.15) is 17.9 Å². The third-order valence-electron chi connectivity index (χ3n) is 8.44. The first kappa shape index (κ1) is 31.0. The molecule has 0 saturated carbocycles. The Morgan fingerprint density at radius 2 is 1.83 bits per heavy atom. The number of hydrogen-bond donors (Lipinski definition) is 2. The molecule has 46 heavy (non-hydrogen) atoms. The first-order chi connectivity index (χ1) is 22.2. The van der Waals surface area contributed by atoms with Crippen LogP contribution in [0.2, 0.25) is 0 Å². The molecular weight excluding hydrogens is 606 g/mol. The summed E-state index contributed by atoms with van der Waals surface area (Å²) in [6.07, 6.45) is 0.0697. The third-order valence-corrected chi connectivity index (χ3v) is 10.3. The van der Waals surface area contributed by atoms with Crippen LogP contribution in [0.1, 0.15) is 62.8 Å². The number of fused-ring (bicyclic) bond motifs is 4. The number of carboxylic acids is 1. The van der Waals surface area contributed by atoms with Crippen LogP contribution in [0.25, 0.3) is 11.1 Å². The average Bonchev–Trinajstić information content (AvgIpc) is 3.40. The number of carbonyl (C=O) groups is 2. The minimum Gasteiger partial charge on any atom is -0.492 e. The van der Waals surface area contributed by atoms with Gasteiger partial charge in [-0.1, -0.05) is 54.6 Å². The molecule has 11 heteroatoms. The summed E-state index contributed by atoms with van der Waals surface area (Å²) < 4.78 is 39.7. The van der Waals surface area contributed by atoms with Crippen molar-refractivity contribution in [3.8, 4) is 22.9 Å². The minimum atomic E-state index is -3.98. The van der Waals surface area contributed by atoms with Crippen molar-refractivity contribution >= 4 is 21.9 Å². The van der Waals surface area contributed by atoms with Crippen LogP contribution in [0.3, 0.4) is 0 Å². The molecule has 0 spiro atoms. The van der Waals surface area contributed by atoms with Crippen LogP contribution in [0.5, 0.6) is 5.75 Å². The summed E-state index contributed by atoms with van der Waals surface area (Å²) in [5.74, 6) is -1.50. The molecule has 1 aliphatic heterocycles. The predicted octanol–water partition coefficient (Wildman–Crippen LogP) is 4.98. The molecule has 0 aromatic heterocycles. The number of sulfonamides is 1. The maximum absolute atomic E-state index is 13.7. The minimum absolute atomic E-state index is 0.00226. The molecule has 2 N–H and O–H groups in total. The molecule has 4 aromatic carbocycles. The third kappa shape index (κ3) is 5.41. The monoisotopic (exact) mass is 637 g/mol. The number of nitrogens with one attached hydrogen (secondary N) is 1. The number of rotatable bonds is 9. The van der Waals surface area contributed by atoms with Crippen LogP contribution < -0.4 is 10.1 Å². The van der Waals surface area contributed by atoms with E-state index in [1.165, 1.54) is 22.5 Å². The maximum atomic E-state index is 13.7. The van der Waals surface area contributed by atoms with Crippen molar-refractivity contribution in [1.29, 1.82) is 5.26 Å². The van der Waals surface area contributed by atoms with E-state index in [9.17, 15) is 28.4 Å². The van der Waals surface area contributed by atoms with Crippen molar-refractivity contribution in [2.45, 2.75) is 36.9 Å². The van der Waals surface area contributed by atoms with Gasteiger partial charge in [-0.15, -0.1) is 0 Å². The molecule has 6 rings (SSSR count). The Labute approximate surface area is 266 Å². The van der Waals surface area contributed by atoms with Gasteiger partial charge in [0, 0.05) is 31.3 Å². The molecule has 1 amide bonds. The summed E-state index contributed by atoms with van der Waals surface area (Å²) >= 11 is 0. The highest BCUT2D eigenvalue weighted by Gasteiger charge is 2.34. The van der Waals surface area contributed by atoms with Gasteiger partial charge in [0.2, 0.25) is 10.0 Å². The second-order valence-electron chi connectivity index (χ2n) is 11.0. The summed E-state index contributed by atoms with van der Waals surface area (Å²) in [5.41, 5.74) is 5.60. The van der Waals surface area contributed by atoms with E-state index in [-0.39, 0.29) is 29.7 Å². The normalized spacial score (nSPS) is 16.0. The fourth-order valence-corrected chi connectivity index (χ4v) is 7.72. The lowest BCUT2D eigenvalue weighted by Crippen LogP contribution is -2.37. The number of hydrogen-bond acceptors (Lipinski definition) is 7. The number of amides is 1. The van der Waals surface area contributed by atoms with Crippen molar-refractivity contribution in [3.63, 3.8) is 0 Å². The zero-order valence-corrected chi connectivity index (χ0v) is 26.0. The van der Waals surface area contributed by atoms with Gasteiger partial charge < -0.3 is 19.9 Å². The van der Waals surface area contributed by atoms with Gasteiger partial charge in [-0.3, -0.25) is 4.79 Å². The van der Waals surface area contributed by atoms with E-state index < -0.39 is 27.9 Å². The maximum Gasteiger partial charge on any atom is 0.330 e. The lowest BCUT2D eigenvalue weighted by atomic mass is 9.95. The standard InChI is InChI=1S/C35H31N3O7S/c1-3-45-30-14-13-25(18-23(30)19-36)46(42,43)38-16-15-21-11-12-22(17-24(21)20-38)32(35(40)41)37-34(39)29-10-6-9-28-31(29)26-7-4-5-8-27(26)33(28)44-2/h4-14,17-18,32-33H,3,15-16,20H2,1-2H3,(H,37,39)(H,40,41). The largest absolute Gasteiger partial charge is 0.492 e. The van der Waals surface area contributed by atoms with Crippen LogP contribution in [0.4, 0.5) is 0 Å². The van der Waals surface area contributed by atoms with Crippen LogP contribution in [0, 0.1) is 11.3 Å². The highest BCUT2D eigenvalue weighted by molar-refractivity contribution is 7.89. The fourth-order valence-electron chi connectivity index (χ4n) is 6.27. The zero-order chi connectivity index (χ0) is 32.6. The molecule has 0 saturated heterocycles. The van der Waals surface area contributed by atoms with Gasteiger partial charge in [0.05, 0.1) is 17.1 Å². The first-order valence-electron chi connectivity index (χ1n) is 14.7. The summed E-state index contributed by atoms with van der Waals surface area (Å²) in [6.45, 7) is 2.32.